The van der Waals surface area contributed by atoms with Gasteiger partial charge in [0.05, 0.1) is 17.9 Å². The molecule has 1 aromatic carbocycles. The zero-order valence-corrected chi connectivity index (χ0v) is 16.4. The highest BCUT2D eigenvalue weighted by Crippen LogP contribution is 2.24. The van der Waals surface area contributed by atoms with Crippen LogP contribution in [0.2, 0.25) is 0 Å². The Morgan fingerprint density at radius 3 is 2.77 bits per heavy atom. The monoisotopic (exact) mass is 408 g/mol. The molecular formula is C22H24N4O4. The molecule has 8 heteroatoms. The number of carbonyl (C=O) groups excluding carboxylic acids is 1. The number of hydrogen-bond acceptors (Lipinski definition) is 6. The fraction of sp³-hybridized carbons (Fsp3) is 0.318. The third kappa shape index (κ3) is 5.22. The summed E-state index contributed by atoms with van der Waals surface area (Å²) in [6.45, 7) is 0.217. The van der Waals surface area contributed by atoms with Crippen molar-refractivity contribution in [1.82, 2.24) is 15.5 Å². The van der Waals surface area contributed by atoms with Gasteiger partial charge in [-0.2, -0.15) is 0 Å². The Morgan fingerprint density at radius 1 is 1.13 bits per heavy atom. The van der Waals surface area contributed by atoms with Crippen LogP contribution in [-0.2, 0) is 11.2 Å². The van der Waals surface area contributed by atoms with Gasteiger partial charge < -0.3 is 25.0 Å². The van der Waals surface area contributed by atoms with Crippen LogP contribution in [0.3, 0.4) is 0 Å². The van der Waals surface area contributed by atoms with Crippen LogP contribution in [0.5, 0.6) is 0 Å². The van der Waals surface area contributed by atoms with Crippen molar-refractivity contribution >= 4 is 11.7 Å². The molecule has 1 aliphatic heterocycles. The lowest BCUT2D eigenvalue weighted by Gasteiger charge is -2.33. The van der Waals surface area contributed by atoms with E-state index in [1.807, 2.05) is 42.5 Å². The number of nitrogens with zero attached hydrogens (tertiary/aromatic N) is 2. The summed E-state index contributed by atoms with van der Waals surface area (Å²) in [6, 6.07) is 16.3. The summed E-state index contributed by atoms with van der Waals surface area (Å²) in [4.78, 5) is 16.3. The molecule has 3 heterocycles. The average Bonchev–Trinajstić information content (AvgIpc) is 3.24. The number of rotatable bonds is 6. The van der Waals surface area contributed by atoms with Gasteiger partial charge in [-0.25, -0.2) is 4.79 Å². The second kappa shape index (κ2) is 9.51. The van der Waals surface area contributed by atoms with Crippen molar-refractivity contribution in [2.24, 2.45) is 0 Å². The van der Waals surface area contributed by atoms with E-state index in [2.05, 4.69) is 20.8 Å². The van der Waals surface area contributed by atoms with E-state index >= 15 is 0 Å². The van der Waals surface area contributed by atoms with Crippen molar-refractivity contribution in [3.8, 4) is 11.5 Å². The van der Waals surface area contributed by atoms with E-state index in [4.69, 9.17) is 9.26 Å². The number of pyridine rings is 1. The third-order valence-corrected chi connectivity index (χ3v) is 4.99. The van der Waals surface area contributed by atoms with Gasteiger partial charge in [-0.1, -0.05) is 29.4 Å². The van der Waals surface area contributed by atoms with Gasteiger partial charge in [-0.15, -0.1) is 0 Å². The first-order chi connectivity index (χ1) is 14.7. The van der Waals surface area contributed by atoms with Gasteiger partial charge >= 0.3 is 6.03 Å². The molecule has 0 saturated carbocycles. The summed E-state index contributed by atoms with van der Waals surface area (Å²) in [7, 11) is 0. The maximum atomic E-state index is 12.1. The Bertz CT molecular complexity index is 948. The number of aliphatic hydroxyl groups is 1. The standard InChI is InChI=1S/C22H24N4O4/c27-19-10-9-17(12-16-13-20(30-26-16)18-8-4-5-11-23-18)29-21(19)14-24-22(28)25-15-6-2-1-3-7-15/h1-8,11,13,17,19,21,27H,9-10,12,14H2,(H2,24,25,28). The lowest BCUT2D eigenvalue weighted by molar-refractivity contribution is -0.113. The molecule has 30 heavy (non-hydrogen) atoms. The first-order valence-corrected chi connectivity index (χ1v) is 9.98. The number of hydrogen-bond donors (Lipinski definition) is 3. The third-order valence-electron chi connectivity index (χ3n) is 4.99. The molecule has 3 N–H and O–H groups in total. The molecule has 2 amide bonds. The number of carbonyl (C=O) groups is 1. The van der Waals surface area contributed by atoms with Crippen LogP contribution in [-0.4, -0.2) is 46.1 Å². The lowest BCUT2D eigenvalue weighted by atomic mass is 9.98. The predicted molar refractivity (Wildman–Crippen MR) is 111 cm³/mol. The SMILES string of the molecule is O=C(NCC1OC(Cc2cc(-c3ccccn3)on2)CCC1O)Nc1ccccc1. The summed E-state index contributed by atoms with van der Waals surface area (Å²) in [5.74, 6) is 0.609. The molecule has 0 spiro atoms. The average molecular weight is 408 g/mol. The van der Waals surface area contributed by atoms with Crippen molar-refractivity contribution in [1.29, 1.82) is 0 Å². The van der Waals surface area contributed by atoms with Gasteiger partial charge in [0.1, 0.15) is 11.8 Å². The highest BCUT2D eigenvalue weighted by atomic mass is 16.5. The van der Waals surface area contributed by atoms with Crippen molar-refractivity contribution in [2.75, 3.05) is 11.9 Å². The van der Waals surface area contributed by atoms with E-state index in [0.717, 1.165) is 11.4 Å². The van der Waals surface area contributed by atoms with Crippen LogP contribution in [0, 0.1) is 0 Å². The van der Waals surface area contributed by atoms with Crippen LogP contribution < -0.4 is 10.6 Å². The molecule has 0 bridgehead atoms. The van der Waals surface area contributed by atoms with Gasteiger partial charge in [-0.3, -0.25) is 4.98 Å². The minimum Gasteiger partial charge on any atom is -0.390 e. The van der Waals surface area contributed by atoms with E-state index in [0.29, 0.717) is 30.7 Å². The van der Waals surface area contributed by atoms with Gasteiger partial charge in [0.15, 0.2) is 5.76 Å². The highest BCUT2D eigenvalue weighted by molar-refractivity contribution is 5.89. The molecule has 8 nitrogen and oxygen atoms in total. The fourth-order valence-corrected chi connectivity index (χ4v) is 3.44. The van der Waals surface area contributed by atoms with Crippen molar-refractivity contribution in [2.45, 2.75) is 37.6 Å². The molecule has 3 aromatic rings. The molecule has 0 radical (unpaired) electrons. The first kappa shape index (κ1) is 20.1. The molecule has 1 saturated heterocycles. The number of aromatic nitrogens is 2. The van der Waals surface area contributed by atoms with E-state index in [-0.39, 0.29) is 18.7 Å². The van der Waals surface area contributed by atoms with Crippen molar-refractivity contribution in [3.63, 3.8) is 0 Å². The van der Waals surface area contributed by atoms with Crippen molar-refractivity contribution in [3.05, 3.63) is 66.5 Å². The number of urea groups is 1. The molecule has 2 aromatic heterocycles. The summed E-state index contributed by atoms with van der Waals surface area (Å²) in [5.41, 5.74) is 2.20. The number of anilines is 1. The predicted octanol–water partition coefficient (Wildman–Crippen LogP) is 3.01. The molecule has 0 aliphatic carbocycles. The topological polar surface area (TPSA) is 110 Å². The van der Waals surface area contributed by atoms with E-state index < -0.39 is 12.2 Å². The number of para-hydroxylation sites is 1. The van der Waals surface area contributed by atoms with Gasteiger partial charge in [0.25, 0.3) is 0 Å². The minimum absolute atomic E-state index is 0.112. The van der Waals surface area contributed by atoms with E-state index in [9.17, 15) is 9.90 Å². The van der Waals surface area contributed by atoms with Crippen LogP contribution in [0.25, 0.3) is 11.5 Å². The molecule has 1 fully saturated rings. The second-order valence-electron chi connectivity index (χ2n) is 7.24. The van der Waals surface area contributed by atoms with E-state index in [1.165, 1.54) is 0 Å². The number of nitrogens with one attached hydrogen (secondary N) is 2. The molecule has 156 valence electrons. The molecular weight excluding hydrogens is 384 g/mol. The summed E-state index contributed by atoms with van der Waals surface area (Å²) < 4.78 is 11.4. The van der Waals surface area contributed by atoms with Crippen molar-refractivity contribution < 1.29 is 19.2 Å². The van der Waals surface area contributed by atoms with Gasteiger partial charge in [0, 0.05) is 30.9 Å². The van der Waals surface area contributed by atoms with Crippen LogP contribution in [0.1, 0.15) is 18.5 Å². The lowest BCUT2D eigenvalue weighted by Crippen LogP contribution is -2.47. The maximum absolute atomic E-state index is 12.1. The Balaban J connectivity index is 1.29. The largest absolute Gasteiger partial charge is 0.390 e. The van der Waals surface area contributed by atoms with Gasteiger partial charge in [-0.05, 0) is 37.1 Å². The zero-order valence-electron chi connectivity index (χ0n) is 16.4. The van der Waals surface area contributed by atoms with Crippen LogP contribution in [0.15, 0.2) is 65.3 Å². The maximum Gasteiger partial charge on any atom is 0.319 e. The summed E-state index contributed by atoms with van der Waals surface area (Å²) >= 11 is 0. The van der Waals surface area contributed by atoms with Crippen LogP contribution in [0.4, 0.5) is 10.5 Å². The quantitative estimate of drug-likeness (QED) is 0.578. The Labute approximate surface area is 174 Å². The normalized spacial score (nSPS) is 21.2. The smallest absolute Gasteiger partial charge is 0.319 e. The fourth-order valence-electron chi connectivity index (χ4n) is 3.44. The minimum atomic E-state index is -0.625. The number of aliphatic hydroxyl groups excluding tert-OH is 1. The van der Waals surface area contributed by atoms with Crippen LogP contribution >= 0.6 is 0 Å². The number of amides is 2. The molecule has 1 aliphatic rings. The van der Waals surface area contributed by atoms with E-state index in [1.54, 1.807) is 18.3 Å². The first-order valence-electron chi connectivity index (χ1n) is 9.98. The summed E-state index contributed by atoms with van der Waals surface area (Å²) in [6.07, 6.45) is 2.36. The number of benzene rings is 1. The molecule has 4 rings (SSSR count). The zero-order chi connectivity index (χ0) is 20.8. The molecule has 3 atom stereocenters. The summed E-state index contributed by atoms with van der Waals surface area (Å²) in [5, 5.41) is 19.9. The Kier molecular flexibility index (Phi) is 6.36. The highest BCUT2D eigenvalue weighted by Gasteiger charge is 2.31. The Hall–Kier alpha value is -3.23. The van der Waals surface area contributed by atoms with Gasteiger partial charge in [0.2, 0.25) is 0 Å². The second-order valence-corrected chi connectivity index (χ2v) is 7.24. The Morgan fingerprint density at radius 2 is 1.97 bits per heavy atom. The molecule has 3 unspecified atom stereocenters. The number of ether oxygens (including phenoxy) is 1.